The minimum atomic E-state index is -1.66. The Morgan fingerprint density at radius 2 is 2.03 bits per heavy atom. The normalized spacial score (nSPS) is 21.3. The van der Waals surface area contributed by atoms with Gasteiger partial charge in [0.15, 0.2) is 5.82 Å². The van der Waals surface area contributed by atoms with E-state index in [-0.39, 0.29) is 11.8 Å². The Hall–Kier alpha value is -3.50. The Balaban J connectivity index is 1.71. The van der Waals surface area contributed by atoms with Crippen LogP contribution in [0, 0.1) is 24.7 Å². The van der Waals surface area contributed by atoms with Crippen LogP contribution in [0.15, 0.2) is 36.4 Å². The number of carbonyl (C=O) groups is 1. The molecule has 7 nitrogen and oxygen atoms in total. The number of aromatic nitrogens is 3. The van der Waals surface area contributed by atoms with Crippen molar-refractivity contribution in [3.05, 3.63) is 47.8 Å². The first-order chi connectivity index (χ1) is 13.8. The van der Waals surface area contributed by atoms with Crippen LogP contribution in [-0.4, -0.2) is 50.1 Å². The van der Waals surface area contributed by atoms with Crippen molar-refractivity contribution in [2.24, 2.45) is 5.92 Å². The van der Waals surface area contributed by atoms with Gasteiger partial charge in [-0.2, -0.15) is 0 Å². The maximum absolute atomic E-state index is 12.3. The van der Waals surface area contributed by atoms with E-state index in [1.54, 1.807) is 14.0 Å². The van der Waals surface area contributed by atoms with Gasteiger partial charge in [0.2, 0.25) is 5.60 Å². The molecule has 1 aliphatic heterocycles. The number of likely N-dealkylation sites (N-methyl/N-ethyl adjacent to an activating group) is 1. The lowest BCUT2D eigenvalue weighted by atomic mass is 9.92. The number of benzene rings is 1. The fourth-order valence-corrected chi connectivity index (χ4v) is 3.55. The molecule has 1 amide bonds. The summed E-state index contributed by atoms with van der Waals surface area (Å²) in [5, 5.41) is 10.7. The van der Waals surface area contributed by atoms with Crippen LogP contribution in [0.3, 0.4) is 0 Å². The molecule has 0 unspecified atom stereocenters. The molecule has 1 aromatic carbocycles. The molecule has 3 N–H and O–H groups in total. The number of amides is 1. The number of likely N-dealkylation sites (tertiary alicyclic amines) is 1. The van der Waals surface area contributed by atoms with Gasteiger partial charge in [-0.05, 0) is 31.2 Å². The quantitative estimate of drug-likeness (QED) is 0.617. The van der Waals surface area contributed by atoms with E-state index in [9.17, 15) is 9.90 Å². The molecule has 2 aromatic heterocycles. The molecule has 146 valence electrons. The van der Waals surface area contributed by atoms with Crippen molar-refractivity contribution in [3.63, 3.8) is 0 Å². The van der Waals surface area contributed by atoms with E-state index < -0.39 is 5.60 Å². The lowest BCUT2D eigenvalue weighted by molar-refractivity contribution is -0.138. The average Bonchev–Trinajstić information content (AvgIpc) is 2.89. The standard InChI is InChI=1S/C22H21N5O2/c1-13-12-27(3)21(28)22(13,29)10-9-15-5-4-6-16(11-15)17-7-8-18-19(26-17)20(23)25-14(2)24-18/h4-8,11,13,29H,12H2,1-3H3,(H2,23,24,25)/t13-,22-/m0/s1. The molecule has 0 aliphatic carbocycles. The zero-order valence-corrected chi connectivity index (χ0v) is 16.5. The summed E-state index contributed by atoms with van der Waals surface area (Å²) in [5.74, 6) is 6.04. The van der Waals surface area contributed by atoms with Gasteiger partial charge in [0.05, 0.1) is 11.2 Å². The molecule has 0 spiro atoms. The van der Waals surface area contributed by atoms with Gasteiger partial charge in [-0.25, -0.2) is 15.0 Å². The lowest BCUT2D eigenvalue weighted by Crippen LogP contribution is -2.40. The zero-order valence-electron chi connectivity index (χ0n) is 16.5. The molecule has 0 radical (unpaired) electrons. The number of anilines is 1. The maximum Gasteiger partial charge on any atom is 0.267 e. The fraction of sp³-hybridized carbons (Fsp3) is 0.273. The summed E-state index contributed by atoms with van der Waals surface area (Å²) in [6.07, 6.45) is 0. The highest BCUT2D eigenvalue weighted by Gasteiger charge is 2.48. The predicted octanol–water partition coefficient (Wildman–Crippen LogP) is 1.77. The van der Waals surface area contributed by atoms with Gasteiger partial charge < -0.3 is 15.7 Å². The van der Waals surface area contributed by atoms with E-state index >= 15 is 0 Å². The first-order valence-corrected chi connectivity index (χ1v) is 9.30. The number of rotatable bonds is 1. The number of carbonyl (C=O) groups excluding carboxylic acids is 1. The SMILES string of the molecule is Cc1nc(N)c2nc(-c3cccc(C#C[C@@]4(O)C(=O)N(C)C[C@@H]4C)c3)ccc2n1. The zero-order chi connectivity index (χ0) is 20.8. The summed E-state index contributed by atoms with van der Waals surface area (Å²) in [5.41, 5.74) is 7.82. The molecule has 0 bridgehead atoms. The molecule has 1 saturated heterocycles. The summed E-state index contributed by atoms with van der Waals surface area (Å²) in [6, 6.07) is 11.2. The summed E-state index contributed by atoms with van der Waals surface area (Å²) in [6.45, 7) is 4.08. The monoisotopic (exact) mass is 387 g/mol. The predicted molar refractivity (Wildman–Crippen MR) is 111 cm³/mol. The van der Waals surface area contributed by atoms with Crippen LogP contribution in [-0.2, 0) is 4.79 Å². The molecular formula is C22H21N5O2. The molecule has 0 saturated carbocycles. The summed E-state index contributed by atoms with van der Waals surface area (Å²) in [4.78, 5) is 26.9. The van der Waals surface area contributed by atoms with Gasteiger partial charge >= 0.3 is 0 Å². The number of nitrogens with zero attached hydrogens (tertiary/aromatic N) is 4. The van der Waals surface area contributed by atoms with Crippen LogP contribution in [0.2, 0.25) is 0 Å². The third-order valence-electron chi connectivity index (χ3n) is 5.17. The number of hydrogen-bond donors (Lipinski definition) is 2. The minimum absolute atomic E-state index is 0.260. The highest BCUT2D eigenvalue weighted by atomic mass is 16.3. The molecule has 1 fully saturated rings. The number of aliphatic hydroxyl groups is 1. The smallest absolute Gasteiger partial charge is 0.267 e. The van der Waals surface area contributed by atoms with Crippen LogP contribution < -0.4 is 5.73 Å². The minimum Gasteiger partial charge on any atom is -0.382 e. The molecule has 7 heteroatoms. The van der Waals surface area contributed by atoms with Crippen molar-refractivity contribution in [1.82, 2.24) is 19.9 Å². The van der Waals surface area contributed by atoms with Crippen molar-refractivity contribution in [1.29, 1.82) is 0 Å². The Morgan fingerprint density at radius 3 is 2.76 bits per heavy atom. The molecular weight excluding hydrogens is 366 g/mol. The molecule has 3 aromatic rings. The number of nitrogen functional groups attached to an aromatic ring is 1. The fourth-order valence-electron chi connectivity index (χ4n) is 3.55. The Kier molecular flexibility index (Phi) is 4.44. The van der Waals surface area contributed by atoms with E-state index in [4.69, 9.17) is 5.73 Å². The average molecular weight is 387 g/mol. The first-order valence-electron chi connectivity index (χ1n) is 9.30. The second kappa shape index (κ2) is 6.83. The van der Waals surface area contributed by atoms with E-state index in [0.717, 1.165) is 5.56 Å². The second-order valence-corrected chi connectivity index (χ2v) is 7.40. The highest BCUT2D eigenvalue weighted by molar-refractivity contribution is 5.91. The Labute approximate surface area is 168 Å². The van der Waals surface area contributed by atoms with Gasteiger partial charge in [-0.15, -0.1) is 0 Å². The second-order valence-electron chi connectivity index (χ2n) is 7.40. The number of nitrogens with two attached hydrogens (primary N) is 1. The molecule has 3 heterocycles. The van der Waals surface area contributed by atoms with Gasteiger partial charge in [0, 0.05) is 30.6 Å². The van der Waals surface area contributed by atoms with E-state index in [1.807, 2.05) is 43.3 Å². The van der Waals surface area contributed by atoms with Crippen molar-refractivity contribution in [2.45, 2.75) is 19.4 Å². The number of hydrogen-bond acceptors (Lipinski definition) is 6. The topological polar surface area (TPSA) is 105 Å². The van der Waals surface area contributed by atoms with Gasteiger partial charge in [0.25, 0.3) is 5.91 Å². The Bertz CT molecular complexity index is 1200. The lowest BCUT2D eigenvalue weighted by Gasteiger charge is -2.17. The van der Waals surface area contributed by atoms with E-state index in [2.05, 4.69) is 26.8 Å². The summed E-state index contributed by atoms with van der Waals surface area (Å²) in [7, 11) is 1.67. The highest BCUT2D eigenvalue weighted by Crippen LogP contribution is 2.28. The largest absolute Gasteiger partial charge is 0.382 e. The van der Waals surface area contributed by atoms with Crippen molar-refractivity contribution in [3.8, 4) is 23.1 Å². The summed E-state index contributed by atoms with van der Waals surface area (Å²) >= 11 is 0. The molecule has 29 heavy (non-hydrogen) atoms. The summed E-state index contributed by atoms with van der Waals surface area (Å²) < 4.78 is 0. The van der Waals surface area contributed by atoms with Crippen molar-refractivity contribution in [2.75, 3.05) is 19.3 Å². The third kappa shape index (κ3) is 3.28. The molecule has 2 atom stereocenters. The van der Waals surface area contributed by atoms with Gasteiger partial charge in [0.1, 0.15) is 11.3 Å². The van der Waals surface area contributed by atoms with Gasteiger partial charge in [-0.1, -0.05) is 30.9 Å². The molecule has 1 aliphatic rings. The number of fused-ring (bicyclic) bond motifs is 1. The molecule has 4 rings (SSSR count). The number of pyridine rings is 1. The van der Waals surface area contributed by atoms with Gasteiger partial charge in [-0.3, -0.25) is 4.79 Å². The van der Waals surface area contributed by atoms with Crippen LogP contribution in [0.4, 0.5) is 5.82 Å². The van der Waals surface area contributed by atoms with Crippen LogP contribution in [0.1, 0.15) is 18.3 Å². The van der Waals surface area contributed by atoms with Crippen LogP contribution in [0.5, 0.6) is 0 Å². The first kappa shape index (κ1) is 18.8. The Morgan fingerprint density at radius 1 is 1.24 bits per heavy atom. The maximum atomic E-state index is 12.3. The van der Waals surface area contributed by atoms with Crippen molar-refractivity contribution >= 4 is 22.8 Å². The van der Waals surface area contributed by atoms with E-state index in [0.29, 0.717) is 40.5 Å². The third-order valence-corrected chi connectivity index (χ3v) is 5.17. The van der Waals surface area contributed by atoms with Crippen molar-refractivity contribution < 1.29 is 9.90 Å². The van der Waals surface area contributed by atoms with Crippen LogP contribution >= 0.6 is 0 Å². The van der Waals surface area contributed by atoms with E-state index in [1.165, 1.54) is 4.90 Å². The number of aryl methyl sites for hydroxylation is 1. The van der Waals surface area contributed by atoms with Crippen LogP contribution in [0.25, 0.3) is 22.3 Å².